The van der Waals surface area contributed by atoms with Gasteiger partial charge in [-0.3, -0.25) is 9.13 Å². The van der Waals surface area contributed by atoms with Crippen LogP contribution in [0.1, 0.15) is 0 Å². The van der Waals surface area contributed by atoms with Crippen LogP contribution in [0.3, 0.4) is 0 Å². The Morgan fingerprint density at radius 2 is 1.11 bits per heavy atom. The van der Waals surface area contributed by atoms with Crippen LogP contribution in [-0.2, 0) is 0 Å². The molecule has 216 valence electrons. The van der Waals surface area contributed by atoms with Crippen molar-refractivity contribution in [1.82, 2.24) is 19.0 Å². The number of benzene rings is 5. The Balaban J connectivity index is 1.06. The fourth-order valence-corrected chi connectivity index (χ4v) is 6.74. The molecule has 1 aliphatic rings. The van der Waals surface area contributed by atoms with Gasteiger partial charge in [-0.15, -0.1) is 0 Å². The molecule has 8 aromatic rings. The van der Waals surface area contributed by atoms with Crippen molar-refractivity contribution >= 4 is 55.3 Å². The zero-order valence-corrected chi connectivity index (χ0v) is 24.7. The van der Waals surface area contributed by atoms with Gasteiger partial charge in [-0.25, -0.2) is 4.98 Å². The van der Waals surface area contributed by atoms with Gasteiger partial charge in [0.1, 0.15) is 23.0 Å². The summed E-state index contributed by atoms with van der Waals surface area (Å²) in [5.41, 5.74) is 6.53. The lowest BCUT2D eigenvalue weighted by Gasteiger charge is -2.20. The molecule has 1 aliphatic heterocycles. The van der Waals surface area contributed by atoms with E-state index in [9.17, 15) is 0 Å². The van der Waals surface area contributed by atoms with E-state index in [1.54, 1.807) is 0 Å². The molecule has 0 spiro atoms. The SMILES string of the molecule is CN1CN(c2cccc(Oc3cccc(-n4c5ccccc5c5cccnc54)c3)c2)C=C1n1c2ccccc2c2ccccc21. The highest BCUT2D eigenvalue weighted by molar-refractivity contribution is 6.10. The van der Waals surface area contributed by atoms with Crippen molar-refractivity contribution < 1.29 is 4.74 Å². The van der Waals surface area contributed by atoms with Crippen LogP contribution in [0.25, 0.3) is 55.3 Å². The molecule has 0 atom stereocenters. The third kappa shape index (κ3) is 4.07. The maximum atomic E-state index is 6.48. The minimum absolute atomic E-state index is 0.732. The first-order chi connectivity index (χ1) is 22.2. The topological polar surface area (TPSA) is 38.5 Å². The van der Waals surface area contributed by atoms with Gasteiger partial charge in [0.15, 0.2) is 0 Å². The largest absolute Gasteiger partial charge is 0.457 e. The summed E-state index contributed by atoms with van der Waals surface area (Å²) in [6.07, 6.45) is 4.08. The summed E-state index contributed by atoms with van der Waals surface area (Å²) in [5, 5.41) is 4.84. The molecule has 9 rings (SSSR count). The number of fused-ring (bicyclic) bond motifs is 6. The first-order valence-electron chi connectivity index (χ1n) is 15.1. The first-order valence-corrected chi connectivity index (χ1v) is 15.1. The van der Waals surface area contributed by atoms with Crippen molar-refractivity contribution in [2.24, 2.45) is 0 Å². The molecule has 0 saturated carbocycles. The quantitative estimate of drug-likeness (QED) is 0.202. The molecule has 0 amide bonds. The van der Waals surface area contributed by atoms with E-state index >= 15 is 0 Å². The molecule has 0 saturated heterocycles. The maximum Gasteiger partial charge on any atom is 0.145 e. The van der Waals surface area contributed by atoms with E-state index in [0.717, 1.165) is 51.9 Å². The zero-order valence-electron chi connectivity index (χ0n) is 24.7. The Bertz CT molecular complexity index is 2330. The van der Waals surface area contributed by atoms with Crippen LogP contribution in [0.2, 0.25) is 0 Å². The van der Waals surface area contributed by atoms with Gasteiger partial charge in [-0.2, -0.15) is 0 Å². The number of nitrogens with zero attached hydrogens (tertiary/aromatic N) is 5. The molecule has 4 heterocycles. The molecule has 6 nitrogen and oxygen atoms in total. The second-order valence-corrected chi connectivity index (χ2v) is 11.5. The Labute approximate surface area is 260 Å². The van der Waals surface area contributed by atoms with E-state index in [-0.39, 0.29) is 0 Å². The van der Waals surface area contributed by atoms with Crippen LogP contribution < -0.4 is 9.64 Å². The molecule has 0 bridgehead atoms. The number of hydrogen-bond donors (Lipinski definition) is 0. The summed E-state index contributed by atoms with van der Waals surface area (Å²) in [6.45, 7) is 0.732. The predicted molar refractivity (Wildman–Crippen MR) is 184 cm³/mol. The highest BCUT2D eigenvalue weighted by Gasteiger charge is 2.24. The summed E-state index contributed by atoms with van der Waals surface area (Å²) < 4.78 is 11.0. The number of pyridine rings is 1. The van der Waals surface area contributed by atoms with Gasteiger partial charge in [0.25, 0.3) is 0 Å². The van der Waals surface area contributed by atoms with Crippen molar-refractivity contribution in [3.63, 3.8) is 0 Å². The average Bonchev–Trinajstić information content (AvgIpc) is 3.74. The summed E-state index contributed by atoms with van der Waals surface area (Å²) in [5.74, 6) is 2.68. The molecular formula is C39H29N5O. The molecule has 0 unspecified atom stereocenters. The molecule has 3 aromatic heterocycles. The minimum Gasteiger partial charge on any atom is -0.457 e. The van der Waals surface area contributed by atoms with Gasteiger partial charge in [0.2, 0.25) is 0 Å². The zero-order chi connectivity index (χ0) is 29.9. The molecule has 45 heavy (non-hydrogen) atoms. The van der Waals surface area contributed by atoms with Gasteiger partial charge in [0, 0.05) is 58.8 Å². The van der Waals surface area contributed by atoms with E-state index in [2.05, 4.69) is 141 Å². The molecule has 5 aromatic carbocycles. The van der Waals surface area contributed by atoms with Gasteiger partial charge >= 0.3 is 0 Å². The van der Waals surface area contributed by atoms with Gasteiger partial charge < -0.3 is 14.5 Å². The van der Waals surface area contributed by atoms with Crippen LogP contribution in [0.15, 0.2) is 146 Å². The number of hydrogen-bond acceptors (Lipinski definition) is 4. The predicted octanol–water partition coefficient (Wildman–Crippen LogP) is 9.24. The van der Waals surface area contributed by atoms with Crippen LogP contribution in [0.4, 0.5) is 5.69 Å². The van der Waals surface area contributed by atoms with E-state index in [1.165, 1.54) is 27.2 Å². The van der Waals surface area contributed by atoms with Crippen LogP contribution in [-0.4, -0.2) is 32.7 Å². The summed E-state index contributed by atoms with van der Waals surface area (Å²) in [7, 11) is 2.14. The lowest BCUT2D eigenvalue weighted by atomic mass is 10.2. The van der Waals surface area contributed by atoms with E-state index in [0.29, 0.717) is 0 Å². The molecule has 0 N–H and O–H groups in total. The third-order valence-corrected chi connectivity index (χ3v) is 8.73. The normalized spacial score (nSPS) is 13.4. The Morgan fingerprint density at radius 3 is 1.80 bits per heavy atom. The molecule has 0 radical (unpaired) electrons. The molecule has 0 fully saturated rings. The van der Waals surface area contributed by atoms with Crippen LogP contribution >= 0.6 is 0 Å². The minimum atomic E-state index is 0.732. The van der Waals surface area contributed by atoms with Crippen molar-refractivity contribution in [2.75, 3.05) is 18.6 Å². The van der Waals surface area contributed by atoms with Crippen molar-refractivity contribution in [3.05, 3.63) is 146 Å². The Hall–Kier alpha value is -6.01. The third-order valence-electron chi connectivity index (χ3n) is 8.73. The first kappa shape index (κ1) is 25.5. The number of rotatable bonds is 5. The summed E-state index contributed by atoms with van der Waals surface area (Å²) in [4.78, 5) is 9.29. The highest BCUT2D eigenvalue weighted by atomic mass is 16.5. The Morgan fingerprint density at radius 1 is 0.556 bits per heavy atom. The van der Waals surface area contributed by atoms with Gasteiger partial charge in [-0.1, -0.05) is 66.7 Å². The lowest BCUT2D eigenvalue weighted by molar-refractivity contribution is 0.481. The van der Waals surface area contributed by atoms with Gasteiger partial charge in [-0.05, 0) is 54.6 Å². The van der Waals surface area contributed by atoms with E-state index in [4.69, 9.17) is 9.72 Å². The number of ether oxygens (including phenoxy) is 1. The van der Waals surface area contributed by atoms with E-state index in [1.807, 2.05) is 30.5 Å². The summed E-state index contributed by atoms with van der Waals surface area (Å²) >= 11 is 0. The second-order valence-electron chi connectivity index (χ2n) is 11.5. The smallest absolute Gasteiger partial charge is 0.145 e. The molecule has 6 heteroatoms. The lowest BCUT2D eigenvalue weighted by Crippen LogP contribution is -2.24. The van der Waals surface area contributed by atoms with Gasteiger partial charge in [0.05, 0.1) is 28.9 Å². The van der Waals surface area contributed by atoms with Crippen molar-refractivity contribution in [3.8, 4) is 17.2 Å². The standard InChI is InChI=1S/C39H29N5O/c1-41-26-42(25-38(41)44-36-20-6-2-15-31(36)32-16-3-7-21-37(32)44)27-11-8-13-29(23-27)45-30-14-9-12-28(24-30)43-35-19-5-4-17-33(35)34-18-10-22-40-39(34)43/h2-25H,26H2,1H3. The van der Waals surface area contributed by atoms with Crippen LogP contribution in [0.5, 0.6) is 11.5 Å². The molecular weight excluding hydrogens is 554 g/mol. The van der Waals surface area contributed by atoms with Crippen LogP contribution in [0, 0.1) is 0 Å². The fourth-order valence-electron chi connectivity index (χ4n) is 6.74. The second kappa shape index (κ2) is 10.0. The Kier molecular flexibility index (Phi) is 5.68. The monoisotopic (exact) mass is 583 g/mol. The summed E-state index contributed by atoms with van der Waals surface area (Å²) in [6, 6.07) is 46.3. The van der Waals surface area contributed by atoms with Crippen molar-refractivity contribution in [2.45, 2.75) is 0 Å². The molecule has 0 aliphatic carbocycles. The average molecular weight is 584 g/mol. The van der Waals surface area contributed by atoms with E-state index < -0.39 is 0 Å². The van der Waals surface area contributed by atoms with Crippen molar-refractivity contribution in [1.29, 1.82) is 0 Å². The number of para-hydroxylation sites is 3. The number of aromatic nitrogens is 3. The highest BCUT2D eigenvalue weighted by Crippen LogP contribution is 2.37. The fraction of sp³-hybridized carbons (Fsp3) is 0.0513. The maximum absolute atomic E-state index is 6.48. The number of anilines is 1.